The molecule has 19 rings (SSSR count). The minimum absolute atomic E-state index is 0.0527. The molecule has 0 amide bonds. The molecule has 2 aliphatic rings. The Balaban J connectivity index is 0.000000118. The fraction of sp³-hybridized carbons (Fsp3) is 0.247. The van der Waals surface area contributed by atoms with E-state index in [2.05, 4.69) is 86.1 Å². The molecule has 118 heavy (non-hydrogen) atoms. The van der Waals surface area contributed by atoms with Gasteiger partial charge < -0.3 is 24.7 Å². The first-order valence-corrected chi connectivity index (χ1v) is 39.2. The van der Waals surface area contributed by atoms with Gasteiger partial charge in [0.1, 0.15) is 17.5 Å². The van der Waals surface area contributed by atoms with Crippen molar-refractivity contribution in [1.82, 2.24) is 88.8 Å². The van der Waals surface area contributed by atoms with Crippen molar-refractivity contribution in [3.05, 3.63) is 333 Å². The Morgan fingerprint density at radius 2 is 0.822 bits per heavy atom. The molecule has 1 saturated carbocycles. The van der Waals surface area contributed by atoms with Gasteiger partial charge in [-0.2, -0.15) is 37.0 Å². The van der Waals surface area contributed by atoms with Gasteiger partial charge in [0, 0.05) is 64.3 Å². The van der Waals surface area contributed by atoms with E-state index in [1.54, 1.807) is 41.1 Å². The summed E-state index contributed by atoms with van der Waals surface area (Å²) in [6, 6.07) is 56.3. The van der Waals surface area contributed by atoms with Gasteiger partial charge in [-0.25, -0.2) is 33.1 Å². The maximum atomic E-state index is 13.4. The number of fused-ring (bicyclic) bond motifs is 4. The number of aryl methyl sites for hydroxylation is 5. The molecule has 10 heterocycles. The molecule has 9 aromatic heterocycles. The molecule has 17 aromatic rings. The predicted octanol–water partition coefficient (Wildman–Crippen LogP) is 16.8. The summed E-state index contributed by atoms with van der Waals surface area (Å²) in [5, 5.41) is 17.2. The second-order valence-electron chi connectivity index (χ2n) is 30.6. The van der Waals surface area contributed by atoms with Gasteiger partial charge in [0.25, 0.3) is 22.2 Å². The zero-order chi connectivity index (χ0) is 81.9. The van der Waals surface area contributed by atoms with Crippen molar-refractivity contribution in [2.75, 3.05) is 6.61 Å². The first-order chi connectivity index (χ1) is 57.0. The maximum Gasteiger partial charge on any atom is 0.416 e. The highest BCUT2D eigenvalue weighted by Gasteiger charge is 2.33. The molecule has 1 aliphatic carbocycles. The van der Waals surface area contributed by atoms with E-state index in [1.807, 2.05) is 116 Å². The molecule has 29 heteroatoms. The minimum atomic E-state index is -4.44. The van der Waals surface area contributed by atoms with E-state index >= 15 is 0 Å². The number of halogens is 6. The molecule has 0 bridgehead atoms. The SMILES string of the molecule is CC(C)(C)c1[nH]n(-c2nc3ccccc3[nH]2)c(=O)c1CCc1ccc(F)cc1.Cc1ccn(CCc2c(-c3ccc(C(F)(F)F)cc3)[nH]n(-c3nc4ccccc4[nH]3)c2=O)n1.O=c1c(CCc2ccc(F)cc2)c(C2CCC2)[nH]n1-c1nc2ccccc2[nH]1.O=c1c(CCc2ccc(F)cc2)c(C2CCCO2)[nH]n1-c1nc2ccccc2[nH]1. The zero-order valence-corrected chi connectivity index (χ0v) is 65.0. The Morgan fingerprint density at radius 3 is 1.21 bits per heavy atom. The summed E-state index contributed by atoms with van der Waals surface area (Å²) in [7, 11) is 0. The minimum Gasteiger partial charge on any atom is -0.372 e. The second-order valence-corrected chi connectivity index (χ2v) is 30.6. The monoisotopic (exact) mass is 1600 g/mol. The number of imidazole rings is 4. The standard InChI is InChI=1S/C23H19F3N6O.C22H21FN4O2.C22H21FN4O.C22H23FN4O/c1-14-10-12-31(29-14)13-11-17-20(15-6-8-16(9-7-15)23(24,25)26)30-32(21(17)33)22-27-18-4-2-3-5-19(18)28-22;23-15-10-7-14(8-11-15)9-12-16-20(19-6-3-13-29-19)26-27(21(16)28)22-24-17-4-1-2-5-18(17)25-22;23-16-11-8-14(9-12-16)10-13-17-20(15-4-3-5-15)26-27(21(17)28)22-24-18-6-1-2-7-19(18)25-22;1-22(2,3)19-16(13-10-14-8-11-15(23)12-9-14)20(28)27(26-19)21-24-17-6-4-5-7-18(17)25-21/h2-10,12,30H,11,13H2,1H3,(H,27,28);1-2,4-5,7-8,10-11,19,26H,3,6,9,12-13H2,(H,24,25);1-2,6-9,11-12,15,26H,3-5,10,13H2,(H,24,25);4-9,11-12,26H,10,13H2,1-3H3,(H,24,25). The van der Waals surface area contributed by atoms with Crippen LogP contribution in [0.5, 0.6) is 0 Å². The Kier molecular flexibility index (Phi) is 22.1. The number of aromatic amines is 8. The number of nitrogens with zero attached hydrogens (tertiary/aromatic N) is 10. The van der Waals surface area contributed by atoms with E-state index in [0.717, 1.165) is 127 Å². The Labute approximate surface area is 669 Å². The van der Waals surface area contributed by atoms with E-state index in [0.29, 0.717) is 116 Å². The molecule has 1 aliphatic heterocycles. The number of hydrogen-bond donors (Lipinski definition) is 8. The van der Waals surface area contributed by atoms with Crippen LogP contribution in [0, 0.1) is 24.4 Å². The molecule has 1 saturated heterocycles. The van der Waals surface area contributed by atoms with E-state index in [1.165, 1.54) is 73.7 Å². The van der Waals surface area contributed by atoms with Gasteiger partial charge in [0.05, 0.1) is 72.9 Å². The summed E-state index contributed by atoms with van der Waals surface area (Å²) in [5.41, 5.74) is 15.1. The first-order valence-electron chi connectivity index (χ1n) is 39.2. The Hall–Kier alpha value is -13.6. The van der Waals surface area contributed by atoms with Crippen molar-refractivity contribution in [2.24, 2.45) is 0 Å². The molecular formula is C89H84F6N18O5. The number of hydrogen-bond acceptors (Lipinski definition) is 10. The number of nitrogens with one attached hydrogen (secondary N) is 8. The van der Waals surface area contributed by atoms with Crippen LogP contribution < -0.4 is 22.2 Å². The lowest BCUT2D eigenvalue weighted by Gasteiger charge is -2.25. The van der Waals surface area contributed by atoms with Gasteiger partial charge in [-0.15, -0.1) is 0 Å². The van der Waals surface area contributed by atoms with Crippen LogP contribution in [0.2, 0.25) is 0 Å². The highest BCUT2D eigenvalue weighted by molar-refractivity contribution is 5.78. The fourth-order valence-corrected chi connectivity index (χ4v) is 15.0. The third-order valence-corrected chi connectivity index (χ3v) is 21.5. The van der Waals surface area contributed by atoms with Crippen LogP contribution in [0.25, 0.3) is 79.2 Å². The Bertz CT molecular complexity index is 6510. The van der Waals surface area contributed by atoms with Crippen LogP contribution in [-0.4, -0.2) is 95.4 Å². The largest absolute Gasteiger partial charge is 0.416 e. The van der Waals surface area contributed by atoms with Gasteiger partial charge >= 0.3 is 6.18 Å². The quantitative estimate of drug-likeness (QED) is 0.0354. The number of alkyl halides is 3. The third kappa shape index (κ3) is 17.1. The average Bonchev–Trinajstić information content (AvgIpc) is 1.51. The van der Waals surface area contributed by atoms with Gasteiger partial charge in [0.15, 0.2) is 0 Å². The number of ether oxygens (including phenoxy) is 1. The molecule has 2 fully saturated rings. The molecule has 602 valence electrons. The van der Waals surface area contributed by atoms with Crippen molar-refractivity contribution >= 4 is 44.1 Å². The molecule has 8 N–H and O–H groups in total. The van der Waals surface area contributed by atoms with Gasteiger partial charge in [-0.05, 0) is 203 Å². The van der Waals surface area contributed by atoms with Crippen molar-refractivity contribution in [2.45, 2.75) is 135 Å². The maximum absolute atomic E-state index is 13.4. The van der Waals surface area contributed by atoms with Crippen LogP contribution >= 0.6 is 0 Å². The summed E-state index contributed by atoms with van der Waals surface area (Å²) < 4.78 is 91.9. The van der Waals surface area contributed by atoms with Crippen LogP contribution in [0.4, 0.5) is 26.3 Å². The van der Waals surface area contributed by atoms with E-state index in [-0.39, 0.29) is 51.2 Å². The van der Waals surface area contributed by atoms with Crippen molar-refractivity contribution in [3.63, 3.8) is 0 Å². The van der Waals surface area contributed by atoms with Crippen LogP contribution in [0.1, 0.15) is 132 Å². The normalized spacial score (nSPS) is 13.7. The second kappa shape index (κ2) is 33.3. The molecule has 1 atom stereocenters. The summed E-state index contributed by atoms with van der Waals surface area (Å²) >= 11 is 0. The van der Waals surface area contributed by atoms with E-state index < -0.39 is 11.7 Å². The van der Waals surface area contributed by atoms with Crippen molar-refractivity contribution in [3.8, 4) is 35.1 Å². The van der Waals surface area contributed by atoms with Crippen LogP contribution in [-0.2, 0) is 67.8 Å². The molecular weight excluding hydrogens is 1520 g/mol. The lowest BCUT2D eigenvalue weighted by atomic mass is 9.81. The fourth-order valence-electron chi connectivity index (χ4n) is 15.0. The lowest BCUT2D eigenvalue weighted by Crippen LogP contribution is -2.19. The van der Waals surface area contributed by atoms with Crippen LogP contribution in [0.3, 0.4) is 0 Å². The highest BCUT2D eigenvalue weighted by Crippen LogP contribution is 2.38. The van der Waals surface area contributed by atoms with E-state index in [9.17, 15) is 45.5 Å². The van der Waals surface area contributed by atoms with Gasteiger partial charge in [-0.1, -0.05) is 124 Å². The number of benzene rings is 8. The number of H-pyrrole nitrogens is 8. The van der Waals surface area contributed by atoms with Gasteiger partial charge in [0.2, 0.25) is 23.8 Å². The summed E-state index contributed by atoms with van der Waals surface area (Å²) in [6.45, 7) is 9.22. The lowest BCUT2D eigenvalue weighted by molar-refractivity contribution is -0.137. The predicted molar refractivity (Wildman–Crippen MR) is 440 cm³/mol. The number of aromatic nitrogens is 18. The molecule has 0 spiro atoms. The smallest absolute Gasteiger partial charge is 0.372 e. The summed E-state index contributed by atoms with van der Waals surface area (Å²) in [5.74, 6) is 1.40. The van der Waals surface area contributed by atoms with Crippen molar-refractivity contribution in [1.29, 1.82) is 0 Å². The first kappa shape index (κ1) is 78.3. The average molecular weight is 1600 g/mol. The van der Waals surface area contributed by atoms with Crippen molar-refractivity contribution < 1.29 is 31.1 Å². The summed E-state index contributed by atoms with van der Waals surface area (Å²) in [6.07, 6.45) is 6.60. The Morgan fingerprint density at radius 1 is 0.424 bits per heavy atom. The summed E-state index contributed by atoms with van der Waals surface area (Å²) in [4.78, 5) is 83.9. The molecule has 8 aromatic carbocycles. The molecule has 0 radical (unpaired) electrons. The topological polar surface area (TPSA) is 293 Å². The molecule has 1 unspecified atom stereocenters. The number of para-hydroxylation sites is 8. The highest BCUT2D eigenvalue weighted by atomic mass is 19.4. The molecule has 23 nitrogen and oxygen atoms in total. The number of rotatable bonds is 19. The van der Waals surface area contributed by atoms with Crippen LogP contribution in [0.15, 0.2) is 226 Å². The van der Waals surface area contributed by atoms with E-state index in [4.69, 9.17) is 4.74 Å². The van der Waals surface area contributed by atoms with Gasteiger partial charge in [-0.3, -0.25) is 44.3 Å². The zero-order valence-electron chi connectivity index (χ0n) is 65.0. The third-order valence-electron chi connectivity index (χ3n) is 21.5.